The molecule has 9 heteroatoms. The van der Waals surface area contributed by atoms with Crippen LogP contribution < -0.4 is 9.47 Å². The molecule has 0 atom stereocenters. The molecule has 4 rings (SSSR count). The molecule has 0 radical (unpaired) electrons. The quantitative estimate of drug-likeness (QED) is 0.213. The lowest BCUT2D eigenvalue weighted by molar-refractivity contribution is -0.122. The van der Waals surface area contributed by atoms with Gasteiger partial charge in [-0.3, -0.25) is 14.5 Å². The third kappa shape index (κ3) is 7.11. The van der Waals surface area contributed by atoms with Gasteiger partial charge in [0.25, 0.3) is 11.1 Å². The Morgan fingerprint density at radius 2 is 1.81 bits per heavy atom. The molecule has 2 amide bonds. The first-order valence-electron chi connectivity index (χ1n) is 11.7. The van der Waals surface area contributed by atoms with Crippen LogP contribution in [0.1, 0.15) is 30.0 Å². The molecule has 1 heterocycles. The summed E-state index contributed by atoms with van der Waals surface area (Å²) in [5.74, 6) is 0.740. The Morgan fingerprint density at radius 3 is 2.54 bits per heavy atom. The maximum Gasteiger partial charge on any atom is 0.293 e. The lowest BCUT2D eigenvalue weighted by Crippen LogP contribution is -2.29. The van der Waals surface area contributed by atoms with Gasteiger partial charge in [0.05, 0.1) is 16.0 Å². The van der Waals surface area contributed by atoms with Crippen molar-refractivity contribution in [2.24, 2.45) is 0 Å². The number of ether oxygens (including phenoxy) is 2. The number of amides is 2. The van der Waals surface area contributed by atoms with Gasteiger partial charge in [-0.15, -0.1) is 0 Å². The van der Waals surface area contributed by atoms with Crippen molar-refractivity contribution in [3.63, 3.8) is 0 Å². The first kappa shape index (κ1) is 27.6. The topological polar surface area (TPSA) is 55.8 Å². The van der Waals surface area contributed by atoms with Gasteiger partial charge in [-0.1, -0.05) is 59.6 Å². The Hall–Kier alpha value is -2.45. The second-order valence-corrected chi connectivity index (χ2v) is 10.9. The van der Waals surface area contributed by atoms with E-state index in [0.717, 1.165) is 23.7 Å². The summed E-state index contributed by atoms with van der Waals surface area (Å²) < 4.78 is 12.5. The van der Waals surface area contributed by atoms with Crippen LogP contribution in [0.15, 0.2) is 70.0 Å². The molecule has 192 valence electrons. The van der Waals surface area contributed by atoms with Crippen LogP contribution in [-0.4, -0.2) is 29.2 Å². The van der Waals surface area contributed by atoms with Gasteiger partial charge in [-0.2, -0.15) is 0 Å². The van der Waals surface area contributed by atoms with Crippen LogP contribution in [0.3, 0.4) is 0 Å². The van der Waals surface area contributed by atoms with Crippen molar-refractivity contribution in [2.75, 3.05) is 13.2 Å². The molecule has 37 heavy (non-hydrogen) atoms. The summed E-state index contributed by atoms with van der Waals surface area (Å²) in [5.41, 5.74) is 2.67. The Balaban J connectivity index is 1.47. The van der Waals surface area contributed by atoms with Crippen LogP contribution in [0.25, 0.3) is 6.08 Å². The van der Waals surface area contributed by atoms with Crippen LogP contribution in [-0.2, 0) is 17.8 Å². The summed E-state index contributed by atoms with van der Waals surface area (Å²) in [6.07, 6.45) is 3.21. The summed E-state index contributed by atoms with van der Waals surface area (Å²) in [6, 6.07) is 18.8. The van der Waals surface area contributed by atoms with Crippen molar-refractivity contribution < 1.29 is 19.1 Å². The lowest BCUT2D eigenvalue weighted by atomic mass is 10.1. The number of thioether (sulfide) groups is 1. The Morgan fingerprint density at radius 1 is 1.03 bits per heavy atom. The normalized spacial score (nSPS) is 14.5. The Kier molecular flexibility index (Phi) is 9.60. The van der Waals surface area contributed by atoms with E-state index in [1.807, 2.05) is 49.4 Å². The lowest BCUT2D eigenvalue weighted by Gasteiger charge is -2.15. The highest BCUT2D eigenvalue weighted by molar-refractivity contribution is 9.10. The zero-order chi connectivity index (χ0) is 26.4. The summed E-state index contributed by atoms with van der Waals surface area (Å²) in [5, 5.41) is 0.806. The molecule has 3 aromatic carbocycles. The fourth-order valence-corrected chi connectivity index (χ4v) is 5.70. The number of carbonyl (C=O) groups is 2. The molecule has 0 aliphatic carbocycles. The standard InChI is InChI=1S/C28H24BrCl2NO4S/c1-2-35-24-14-19(13-22(29)26(24)36-17-20-10-11-21(30)16-23(20)31)15-25-27(33)32(28(34)37-25)12-6-9-18-7-4-3-5-8-18/h3-5,7-8,10-11,13-16H,2,6,9,12,17H2,1H3/b25-15+. The number of halogens is 3. The van der Waals surface area contributed by atoms with Crippen molar-refractivity contribution in [3.8, 4) is 11.5 Å². The van der Waals surface area contributed by atoms with E-state index in [4.69, 9.17) is 32.7 Å². The second kappa shape index (κ2) is 12.9. The molecule has 5 nitrogen and oxygen atoms in total. The van der Waals surface area contributed by atoms with Crippen LogP contribution in [0.5, 0.6) is 11.5 Å². The summed E-state index contributed by atoms with van der Waals surface area (Å²) in [6.45, 7) is 2.90. The van der Waals surface area contributed by atoms with Crippen LogP contribution in [0.2, 0.25) is 10.0 Å². The number of hydrogen-bond donors (Lipinski definition) is 0. The predicted molar refractivity (Wildman–Crippen MR) is 154 cm³/mol. The van der Waals surface area contributed by atoms with Gasteiger partial charge in [0.15, 0.2) is 11.5 Å². The van der Waals surface area contributed by atoms with Crippen molar-refractivity contribution in [3.05, 3.63) is 96.8 Å². The number of carbonyl (C=O) groups excluding carboxylic acids is 2. The van der Waals surface area contributed by atoms with Crippen molar-refractivity contribution in [1.29, 1.82) is 0 Å². The number of imide groups is 1. The van der Waals surface area contributed by atoms with Crippen molar-refractivity contribution >= 4 is 68.1 Å². The monoisotopic (exact) mass is 619 g/mol. The first-order chi connectivity index (χ1) is 17.9. The molecule has 0 N–H and O–H groups in total. The average molecular weight is 621 g/mol. The molecule has 0 saturated carbocycles. The van der Waals surface area contributed by atoms with Gasteiger partial charge in [0.1, 0.15) is 6.61 Å². The van der Waals surface area contributed by atoms with E-state index in [1.165, 1.54) is 10.5 Å². The van der Waals surface area contributed by atoms with Gasteiger partial charge in [-0.25, -0.2) is 0 Å². The summed E-state index contributed by atoms with van der Waals surface area (Å²) in [4.78, 5) is 27.2. The molecule has 0 spiro atoms. The fraction of sp³-hybridized carbons (Fsp3) is 0.214. The van der Waals surface area contributed by atoms with Crippen molar-refractivity contribution in [1.82, 2.24) is 4.90 Å². The number of rotatable bonds is 10. The van der Waals surface area contributed by atoms with Crippen molar-refractivity contribution in [2.45, 2.75) is 26.4 Å². The highest BCUT2D eigenvalue weighted by Gasteiger charge is 2.34. The minimum atomic E-state index is -0.283. The van der Waals surface area contributed by atoms with Gasteiger partial charge in [0.2, 0.25) is 0 Å². The number of nitrogens with zero attached hydrogens (tertiary/aromatic N) is 1. The van der Waals surface area contributed by atoms with Gasteiger partial charge in [-0.05, 0) is 88.9 Å². The molecule has 0 aromatic heterocycles. The van der Waals surface area contributed by atoms with Gasteiger partial charge >= 0.3 is 0 Å². The molecule has 1 saturated heterocycles. The molecular weight excluding hydrogens is 597 g/mol. The first-order valence-corrected chi connectivity index (χ1v) is 14.0. The third-order valence-corrected chi connectivity index (χ3v) is 7.66. The highest BCUT2D eigenvalue weighted by atomic mass is 79.9. The summed E-state index contributed by atoms with van der Waals surface area (Å²) >= 11 is 16.8. The van der Waals surface area contributed by atoms with E-state index in [-0.39, 0.29) is 17.8 Å². The van der Waals surface area contributed by atoms with E-state index < -0.39 is 0 Å². The number of hydrogen-bond acceptors (Lipinski definition) is 5. The van der Waals surface area contributed by atoms with E-state index in [0.29, 0.717) is 56.1 Å². The molecule has 1 aliphatic rings. The average Bonchev–Trinajstić information content (AvgIpc) is 3.12. The van der Waals surface area contributed by atoms with Crippen LogP contribution in [0.4, 0.5) is 4.79 Å². The SMILES string of the molecule is CCOc1cc(/C=C2/SC(=O)N(CCCc3ccccc3)C2=O)cc(Br)c1OCc1ccc(Cl)cc1Cl. The van der Waals surface area contributed by atoms with Crippen LogP contribution >= 0.6 is 50.9 Å². The largest absolute Gasteiger partial charge is 0.490 e. The molecule has 0 bridgehead atoms. The summed E-state index contributed by atoms with van der Waals surface area (Å²) in [7, 11) is 0. The predicted octanol–water partition coefficient (Wildman–Crippen LogP) is 8.40. The van der Waals surface area contributed by atoms with Gasteiger partial charge in [0, 0.05) is 22.2 Å². The molecule has 1 fully saturated rings. The molecule has 3 aromatic rings. The minimum absolute atomic E-state index is 0.218. The fourth-order valence-electron chi connectivity index (χ4n) is 3.79. The molecular formula is C28H24BrCl2NO4S. The third-order valence-electron chi connectivity index (χ3n) is 5.58. The maximum atomic E-state index is 13.0. The number of benzene rings is 3. The smallest absolute Gasteiger partial charge is 0.293 e. The second-order valence-electron chi connectivity index (χ2n) is 8.21. The molecule has 0 unspecified atom stereocenters. The van der Waals surface area contributed by atoms with E-state index in [1.54, 1.807) is 24.3 Å². The maximum absolute atomic E-state index is 13.0. The Labute approximate surface area is 238 Å². The van der Waals surface area contributed by atoms with E-state index in [9.17, 15) is 9.59 Å². The van der Waals surface area contributed by atoms with E-state index >= 15 is 0 Å². The minimum Gasteiger partial charge on any atom is -0.490 e. The highest BCUT2D eigenvalue weighted by Crippen LogP contribution is 2.40. The Bertz CT molecular complexity index is 1330. The van der Waals surface area contributed by atoms with Gasteiger partial charge < -0.3 is 9.47 Å². The zero-order valence-corrected chi connectivity index (χ0v) is 23.9. The van der Waals surface area contributed by atoms with Crippen LogP contribution in [0, 0.1) is 0 Å². The zero-order valence-electron chi connectivity index (χ0n) is 20.0. The van der Waals surface area contributed by atoms with E-state index in [2.05, 4.69) is 15.9 Å². The number of aryl methyl sites for hydroxylation is 1. The molecule has 1 aliphatic heterocycles.